The highest BCUT2D eigenvalue weighted by Gasteiger charge is 2.09. The van der Waals surface area contributed by atoms with Crippen molar-refractivity contribution in [1.29, 1.82) is 0 Å². The first-order valence-corrected chi connectivity index (χ1v) is 6.33. The van der Waals surface area contributed by atoms with Crippen LogP contribution in [0.3, 0.4) is 0 Å². The van der Waals surface area contributed by atoms with Crippen LogP contribution in [0.15, 0.2) is 18.2 Å². The van der Waals surface area contributed by atoms with Crippen LogP contribution in [-0.4, -0.2) is 22.6 Å². The lowest BCUT2D eigenvalue weighted by atomic mass is 10.1. The third-order valence-corrected chi connectivity index (χ3v) is 3.50. The molecule has 3 N–H and O–H groups in total. The van der Waals surface area contributed by atoms with Crippen molar-refractivity contribution in [2.24, 2.45) is 5.73 Å². The fourth-order valence-corrected chi connectivity index (χ4v) is 2.19. The van der Waals surface area contributed by atoms with E-state index in [4.69, 9.17) is 5.73 Å². The number of aromatic nitrogens is 2. The van der Waals surface area contributed by atoms with Gasteiger partial charge in [0.05, 0.1) is 6.54 Å². The van der Waals surface area contributed by atoms with Gasteiger partial charge in [-0.25, -0.2) is 0 Å². The van der Waals surface area contributed by atoms with Gasteiger partial charge in [-0.2, -0.15) is 0 Å². The van der Waals surface area contributed by atoms with Gasteiger partial charge in [-0.3, -0.25) is 10.1 Å². The van der Waals surface area contributed by atoms with Crippen LogP contribution >= 0.6 is 11.3 Å². The zero-order valence-corrected chi connectivity index (χ0v) is 11.0. The van der Waals surface area contributed by atoms with Crippen LogP contribution in [0.1, 0.15) is 11.1 Å². The molecule has 0 radical (unpaired) electrons. The Morgan fingerprint density at radius 3 is 2.78 bits per heavy atom. The van der Waals surface area contributed by atoms with Gasteiger partial charge in [0, 0.05) is 5.56 Å². The average molecular weight is 262 g/mol. The number of carbonyl (C=O) groups is 1. The fourth-order valence-electron chi connectivity index (χ4n) is 1.44. The van der Waals surface area contributed by atoms with E-state index in [1.54, 1.807) is 0 Å². The van der Waals surface area contributed by atoms with Crippen molar-refractivity contribution in [2.45, 2.75) is 13.8 Å². The molecule has 0 saturated heterocycles. The summed E-state index contributed by atoms with van der Waals surface area (Å²) in [6.45, 7) is 4.06. The highest BCUT2D eigenvalue weighted by atomic mass is 32.1. The minimum absolute atomic E-state index is 0.0570. The van der Waals surface area contributed by atoms with Crippen LogP contribution in [-0.2, 0) is 4.79 Å². The number of rotatable bonds is 3. The molecule has 0 bridgehead atoms. The Bertz CT molecular complexity index is 579. The first kappa shape index (κ1) is 12.7. The minimum Gasteiger partial charge on any atom is -0.322 e. The molecule has 1 amide bonds. The third-order valence-electron chi connectivity index (χ3n) is 2.61. The Hall–Kier alpha value is -1.79. The monoisotopic (exact) mass is 262 g/mol. The molecule has 0 aliphatic carbocycles. The molecule has 0 saturated carbocycles. The molecule has 2 rings (SSSR count). The Labute approximate surface area is 109 Å². The molecule has 0 aliphatic heterocycles. The topological polar surface area (TPSA) is 80.9 Å². The molecular weight excluding hydrogens is 248 g/mol. The van der Waals surface area contributed by atoms with Crippen LogP contribution in [0.4, 0.5) is 5.13 Å². The van der Waals surface area contributed by atoms with Gasteiger partial charge in [0.25, 0.3) is 0 Å². The Kier molecular flexibility index (Phi) is 3.69. The van der Waals surface area contributed by atoms with Crippen molar-refractivity contribution in [2.75, 3.05) is 11.9 Å². The van der Waals surface area contributed by atoms with Crippen molar-refractivity contribution >= 4 is 22.4 Å². The summed E-state index contributed by atoms with van der Waals surface area (Å²) in [6, 6.07) is 6.10. The molecule has 0 spiro atoms. The summed E-state index contributed by atoms with van der Waals surface area (Å²) in [5.74, 6) is -0.266. The molecular formula is C12H14N4OS. The molecule has 0 atom stereocenters. The summed E-state index contributed by atoms with van der Waals surface area (Å²) in [5, 5.41) is 11.8. The van der Waals surface area contributed by atoms with E-state index >= 15 is 0 Å². The van der Waals surface area contributed by atoms with Crippen molar-refractivity contribution in [1.82, 2.24) is 10.2 Å². The second kappa shape index (κ2) is 5.24. The van der Waals surface area contributed by atoms with E-state index < -0.39 is 0 Å². The molecule has 0 fully saturated rings. The predicted octanol–water partition coefficient (Wildman–Crippen LogP) is 1.72. The molecule has 0 unspecified atom stereocenters. The maximum atomic E-state index is 11.1. The summed E-state index contributed by atoms with van der Waals surface area (Å²) in [6.07, 6.45) is 0. The van der Waals surface area contributed by atoms with Crippen molar-refractivity contribution in [3.8, 4) is 10.6 Å². The second-order valence-corrected chi connectivity index (χ2v) is 4.94. The van der Waals surface area contributed by atoms with Crippen LogP contribution < -0.4 is 11.1 Å². The normalized spacial score (nSPS) is 10.4. The predicted molar refractivity (Wildman–Crippen MR) is 72.5 cm³/mol. The SMILES string of the molecule is Cc1ccc(-c2nnc(NC(=O)CN)s2)cc1C. The Balaban J connectivity index is 2.23. The van der Waals surface area contributed by atoms with Gasteiger partial charge < -0.3 is 5.73 Å². The molecule has 1 aromatic heterocycles. The first-order valence-electron chi connectivity index (χ1n) is 5.51. The van der Waals surface area contributed by atoms with Gasteiger partial charge in [-0.15, -0.1) is 10.2 Å². The van der Waals surface area contributed by atoms with Crippen molar-refractivity contribution < 1.29 is 4.79 Å². The lowest BCUT2D eigenvalue weighted by Crippen LogP contribution is -2.21. The van der Waals surface area contributed by atoms with E-state index in [1.165, 1.54) is 22.5 Å². The summed E-state index contributed by atoms with van der Waals surface area (Å²) < 4.78 is 0. The number of nitrogens with two attached hydrogens (primary N) is 1. The molecule has 0 aliphatic rings. The number of nitrogens with one attached hydrogen (secondary N) is 1. The third kappa shape index (κ3) is 2.72. The van der Waals surface area contributed by atoms with Gasteiger partial charge >= 0.3 is 0 Å². The number of amides is 1. The summed E-state index contributed by atoms with van der Waals surface area (Å²) in [5.41, 5.74) is 8.66. The standard InChI is InChI=1S/C12H14N4OS/c1-7-3-4-9(5-8(7)2)11-15-16-12(18-11)14-10(17)6-13/h3-5H,6,13H2,1-2H3,(H,14,16,17). The molecule has 5 nitrogen and oxygen atoms in total. The number of nitrogens with zero attached hydrogens (tertiary/aromatic N) is 2. The van der Waals surface area contributed by atoms with Gasteiger partial charge in [0.15, 0.2) is 0 Å². The molecule has 18 heavy (non-hydrogen) atoms. The highest BCUT2D eigenvalue weighted by molar-refractivity contribution is 7.18. The van der Waals surface area contributed by atoms with Crippen molar-refractivity contribution in [3.05, 3.63) is 29.3 Å². The number of carbonyl (C=O) groups excluding carboxylic acids is 1. The quantitative estimate of drug-likeness (QED) is 0.882. The van der Waals surface area contributed by atoms with E-state index in [9.17, 15) is 4.79 Å². The number of aryl methyl sites for hydroxylation is 2. The van der Waals surface area contributed by atoms with E-state index in [1.807, 2.05) is 12.1 Å². The Morgan fingerprint density at radius 2 is 2.11 bits per heavy atom. The number of benzene rings is 1. The lowest BCUT2D eigenvalue weighted by Gasteiger charge is -2.01. The van der Waals surface area contributed by atoms with Gasteiger partial charge in [0.1, 0.15) is 5.01 Å². The summed E-state index contributed by atoms with van der Waals surface area (Å²) in [7, 11) is 0. The van der Waals surface area contributed by atoms with Crippen LogP contribution in [0.25, 0.3) is 10.6 Å². The molecule has 94 valence electrons. The average Bonchev–Trinajstić information content (AvgIpc) is 2.81. The smallest absolute Gasteiger partial charge is 0.239 e. The fraction of sp³-hybridized carbons (Fsp3) is 0.250. The van der Waals surface area contributed by atoms with Gasteiger partial charge in [0.2, 0.25) is 11.0 Å². The van der Waals surface area contributed by atoms with E-state index in [-0.39, 0.29) is 12.5 Å². The first-order chi connectivity index (χ1) is 8.60. The van der Waals surface area contributed by atoms with E-state index in [2.05, 4.69) is 35.4 Å². The molecule has 6 heteroatoms. The number of anilines is 1. The van der Waals surface area contributed by atoms with Crippen LogP contribution in [0, 0.1) is 13.8 Å². The number of hydrogen-bond acceptors (Lipinski definition) is 5. The van der Waals surface area contributed by atoms with E-state index in [0.29, 0.717) is 5.13 Å². The number of hydrogen-bond donors (Lipinski definition) is 2. The highest BCUT2D eigenvalue weighted by Crippen LogP contribution is 2.27. The zero-order chi connectivity index (χ0) is 13.1. The molecule has 1 aromatic carbocycles. The van der Waals surface area contributed by atoms with Gasteiger partial charge in [-0.1, -0.05) is 23.5 Å². The zero-order valence-electron chi connectivity index (χ0n) is 10.2. The van der Waals surface area contributed by atoms with Crippen LogP contribution in [0.5, 0.6) is 0 Å². The largest absolute Gasteiger partial charge is 0.322 e. The minimum atomic E-state index is -0.266. The Morgan fingerprint density at radius 1 is 1.33 bits per heavy atom. The van der Waals surface area contributed by atoms with Crippen LogP contribution in [0.2, 0.25) is 0 Å². The summed E-state index contributed by atoms with van der Waals surface area (Å²) >= 11 is 1.33. The van der Waals surface area contributed by atoms with Crippen molar-refractivity contribution in [3.63, 3.8) is 0 Å². The lowest BCUT2D eigenvalue weighted by molar-refractivity contribution is -0.114. The molecule has 1 heterocycles. The maximum absolute atomic E-state index is 11.1. The summed E-state index contributed by atoms with van der Waals surface area (Å²) in [4.78, 5) is 11.1. The second-order valence-electron chi connectivity index (χ2n) is 3.96. The maximum Gasteiger partial charge on any atom is 0.239 e. The van der Waals surface area contributed by atoms with Gasteiger partial charge in [-0.05, 0) is 31.0 Å². The van der Waals surface area contributed by atoms with E-state index in [0.717, 1.165) is 10.6 Å². The molecule has 2 aromatic rings.